The summed E-state index contributed by atoms with van der Waals surface area (Å²) in [6, 6.07) is 10.2. The number of fused-ring (bicyclic) bond motifs is 2. The maximum absolute atomic E-state index is 11.0. The molecule has 1 aromatic rings. The van der Waals surface area contributed by atoms with Crippen molar-refractivity contribution in [2.45, 2.75) is 59.0 Å². The van der Waals surface area contributed by atoms with Gasteiger partial charge in [-0.25, -0.2) is 37.3 Å². The summed E-state index contributed by atoms with van der Waals surface area (Å²) in [5, 5.41) is 21.7. The smallest absolute Gasteiger partial charge is 0.370 e. The normalized spacial score (nSPS) is 17.5. The molecule has 1 amide bonds. The molecule has 2 atom stereocenters. The van der Waals surface area contributed by atoms with Crippen molar-refractivity contribution < 1.29 is 79.0 Å². The summed E-state index contributed by atoms with van der Waals surface area (Å²) < 4.78 is 67.9. The van der Waals surface area contributed by atoms with Crippen LogP contribution in [0.15, 0.2) is 18.2 Å². The summed E-state index contributed by atoms with van der Waals surface area (Å²) in [6.45, 7) is 11.8. The molecule has 19 heteroatoms. The SMILES string of the molecule is CC#N.CC#N.C[C@@H]1NCCCN(CCC(N)=O)CCCN[C@H](C)c2cccc1n2.[Ni+2].[O-][Cl+3]([O-])([O-])[O-].[O-][Cl+3]([O-])([O-])[O-]. The number of nitrogens with one attached hydrogen (secondary N) is 2. The van der Waals surface area contributed by atoms with Gasteiger partial charge in [-0.05, 0) is 65.0 Å². The van der Waals surface area contributed by atoms with Crippen molar-refractivity contribution in [3.63, 3.8) is 0 Å². The number of hydrogen-bond acceptors (Lipinski definition) is 15. The van der Waals surface area contributed by atoms with Crippen LogP contribution in [0.2, 0.25) is 0 Å². The predicted octanol–water partition coefficient (Wildman–Crippen LogP) is -7.10. The fraction of sp³-hybridized carbons (Fsp3) is 0.636. The van der Waals surface area contributed by atoms with Crippen LogP contribution in [0.25, 0.3) is 0 Å². The van der Waals surface area contributed by atoms with E-state index in [-0.39, 0.29) is 34.5 Å². The number of amides is 1. The molecule has 1 aromatic heterocycles. The molecule has 0 aromatic carbocycles. The van der Waals surface area contributed by atoms with E-state index in [1.165, 1.54) is 13.8 Å². The van der Waals surface area contributed by atoms with Gasteiger partial charge in [-0.1, -0.05) is 6.07 Å². The number of carbonyl (C=O) groups is 1. The maximum Gasteiger partial charge on any atom is 2.00 e. The average molecular weight is 673 g/mol. The number of primary amides is 1. The number of nitrogens with two attached hydrogens (primary N) is 1. The molecule has 0 saturated carbocycles. The number of aromatic nitrogens is 1. The van der Waals surface area contributed by atoms with Crippen molar-refractivity contribution in [3.05, 3.63) is 29.6 Å². The molecule has 0 saturated heterocycles. The summed E-state index contributed by atoms with van der Waals surface area (Å²) in [5.41, 5.74) is 7.47. The number of halogens is 2. The van der Waals surface area contributed by atoms with Crippen molar-refractivity contribution >= 4 is 5.91 Å². The van der Waals surface area contributed by atoms with E-state index in [0.717, 1.165) is 57.0 Å². The van der Waals surface area contributed by atoms with Crippen molar-refractivity contribution in [3.8, 4) is 12.1 Å². The molecular weight excluding hydrogens is 636 g/mol. The zero-order valence-electron chi connectivity index (χ0n) is 23.2. The van der Waals surface area contributed by atoms with Crippen LogP contribution in [0.1, 0.15) is 70.4 Å². The van der Waals surface area contributed by atoms with E-state index < -0.39 is 20.5 Å². The third-order valence-corrected chi connectivity index (χ3v) is 4.56. The Balaban J connectivity index is -0.000000333. The summed E-state index contributed by atoms with van der Waals surface area (Å²) in [5.74, 6) is -0.225. The summed E-state index contributed by atoms with van der Waals surface area (Å²) >= 11 is 0. The average Bonchev–Trinajstić information content (AvgIpc) is 2.80. The summed E-state index contributed by atoms with van der Waals surface area (Å²) in [7, 11) is -9.89. The fourth-order valence-electron chi connectivity index (χ4n) is 3.01. The van der Waals surface area contributed by atoms with Crippen LogP contribution >= 0.6 is 0 Å². The van der Waals surface area contributed by atoms with Crippen LogP contribution < -0.4 is 53.6 Å². The van der Waals surface area contributed by atoms with E-state index in [4.69, 9.17) is 58.5 Å². The van der Waals surface area contributed by atoms with Crippen molar-refractivity contribution in [2.75, 3.05) is 32.7 Å². The van der Waals surface area contributed by atoms with E-state index >= 15 is 0 Å². The third-order valence-electron chi connectivity index (χ3n) is 4.56. The molecule has 2 rings (SSSR count). The van der Waals surface area contributed by atoms with Crippen LogP contribution in [-0.4, -0.2) is 48.5 Å². The van der Waals surface area contributed by atoms with Crippen molar-refractivity contribution in [1.29, 1.82) is 10.5 Å². The molecule has 0 spiro atoms. The molecule has 16 nitrogen and oxygen atoms in total. The molecule has 238 valence electrons. The van der Waals surface area contributed by atoms with E-state index in [1.54, 1.807) is 12.1 Å². The predicted molar refractivity (Wildman–Crippen MR) is 119 cm³/mol. The zero-order chi connectivity index (χ0) is 31.8. The Morgan fingerprint density at radius 1 is 0.927 bits per heavy atom. The van der Waals surface area contributed by atoms with Crippen LogP contribution in [-0.2, 0) is 21.3 Å². The van der Waals surface area contributed by atoms with Gasteiger partial charge in [-0.3, -0.25) is 9.78 Å². The Morgan fingerprint density at radius 2 is 1.24 bits per heavy atom. The Bertz CT molecular complexity index is 813. The van der Waals surface area contributed by atoms with Gasteiger partial charge in [0.1, 0.15) is 0 Å². The van der Waals surface area contributed by atoms with E-state index in [2.05, 4.69) is 47.6 Å². The number of hydrogen-bond donors (Lipinski definition) is 3. The van der Waals surface area contributed by atoms with Gasteiger partial charge in [-0.2, -0.15) is 10.5 Å². The first-order valence-electron chi connectivity index (χ1n) is 11.7. The third kappa shape index (κ3) is 40.4. The molecule has 0 aliphatic carbocycles. The molecule has 0 fully saturated rings. The standard InChI is InChI=1S/C18H31N5O.2C2H3N.2ClHO4.Ni/c1-14-16-6-3-7-17(22-16)15(2)21-10-5-12-23(11-4-9-20-14)13-8-18(19)24;2*1-2-3;2*2-1(3,4)5;/h3,6-7,14-15,20-21H,4-5,8-13H2,1-2H3,(H2,19,24);2*1H3;2*(H,2,3,4,5);/q;;;;;+2/p-2/t14-,15+;;;;;. The van der Waals surface area contributed by atoms with Crippen LogP contribution in [0.3, 0.4) is 0 Å². The van der Waals surface area contributed by atoms with E-state index in [9.17, 15) is 4.79 Å². The first-order valence-corrected chi connectivity index (χ1v) is 14.2. The molecule has 1 aliphatic rings. The van der Waals surface area contributed by atoms with Gasteiger partial charge in [0.05, 0.1) is 23.5 Å². The Morgan fingerprint density at radius 3 is 1.54 bits per heavy atom. The van der Waals surface area contributed by atoms with Gasteiger partial charge in [0.15, 0.2) is 0 Å². The maximum atomic E-state index is 11.0. The second-order valence-corrected chi connectivity index (χ2v) is 9.32. The first-order chi connectivity index (χ1) is 18.4. The molecule has 2 heterocycles. The number of nitriles is 2. The summed E-state index contributed by atoms with van der Waals surface area (Å²) in [4.78, 5) is 18.2. The van der Waals surface area contributed by atoms with Gasteiger partial charge in [0.2, 0.25) is 5.91 Å². The number of pyridine rings is 1. The van der Waals surface area contributed by atoms with Crippen LogP contribution in [0, 0.1) is 43.1 Å². The zero-order valence-corrected chi connectivity index (χ0v) is 25.7. The minimum atomic E-state index is -4.94. The topological polar surface area (TPSA) is 315 Å². The van der Waals surface area contributed by atoms with Gasteiger partial charge in [-0.15, -0.1) is 20.5 Å². The van der Waals surface area contributed by atoms with Crippen LogP contribution in [0.4, 0.5) is 0 Å². The van der Waals surface area contributed by atoms with E-state index in [1.807, 2.05) is 0 Å². The quantitative estimate of drug-likeness (QED) is 0.251. The Hall–Kier alpha value is -1.77. The second kappa shape index (κ2) is 27.1. The van der Waals surface area contributed by atoms with Gasteiger partial charge in [0.25, 0.3) is 0 Å². The molecule has 2 bridgehead atoms. The molecule has 0 radical (unpaired) electrons. The fourth-order valence-corrected chi connectivity index (χ4v) is 3.01. The Labute approximate surface area is 254 Å². The monoisotopic (exact) mass is 671 g/mol. The minimum Gasteiger partial charge on any atom is -0.370 e. The number of nitrogens with zero attached hydrogens (tertiary/aromatic N) is 4. The minimum absolute atomic E-state index is 0. The summed E-state index contributed by atoms with van der Waals surface area (Å²) in [6.07, 6.45) is 2.53. The van der Waals surface area contributed by atoms with Gasteiger partial charge in [0, 0.05) is 38.9 Å². The van der Waals surface area contributed by atoms with Crippen LogP contribution in [0.5, 0.6) is 0 Å². The largest absolute Gasteiger partial charge is 2.00 e. The van der Waals surface area contributed by atoms with Crippen molar-refractivity contribution in [2.24, 2.45) is 5.73 Å². The molecule has 1 aliphatic heterocycles. The molecule has 41 heavy (non-hydrogen) atoms. The molecular formula is C22H37Cl2N7NiO9. The van der Waals surface area contributed by atoms with E-state index in [0.29, 0.717) is 6.42 Å². The number of carbonyl (C=O) groups excluding carboxylic acids is 1. The molecule has 0 unspecified atom stereocenters. The first kappa shape index (κ1) is 46.2. The Kier molecular flexibility index (Phi) is 30.5. The van der Waals surface area contributed by atoms with Gasteiger partial charge >= 0.3 is 16.5 Å². The van der Waals surface area contributed by atoms with Crippen molar-refractivity contribution in [1.82, 2.24) is 20.5 Å². The second-order valence-electron chi connectivity index (χ2n) is 7.81. The molecule has 4 N–H and O–H groups in total. The number of rotatable bonds is 3. The van der Waals surface area contributed by atoms with Gasteiger partial charge < -0.3 is 21.3 Å².